The summed E-state index contributed by atoms with van der Waals surface area (Å²) in [6, 6.07) is 0. The van der Waals surface area contributed by atoms with E-state index in [0.717, 1.165) is 12.1 Å². The molecule has 0 rings (SSSR count). The van der Waals surface area contributed by atoms with E-state index >= 15 is 0 Å². The van der Waals surface area contributed by atoms with E-state index in [9.17, 15) is 19.2 Å². The standard InChI is InChI=1S/C15H27N3O6/c1-14(2,3)9-18(17-13(22)24-15(4,5)6)10(19)8-16-11(20)12(21)23-7/h8-9H2,1-7H3,(H,16,20)(H,17,22). The minimum atomic E-state index is -1.11. The van der Waals surface area contributed by atoms with Gasteiger partial charge in [0.05, 0.1) is 13.7 Å². The van der Waals surface area contributed by atoms with Crippen LogP contribution in [-0.2, 0) is 23.9 Å². The molecule has 0 radical (unpaired) electrons. The molecule has 0 saturated carbocycles. The van der Waals surface area contributed by atoms with Crippen molar-refractivity contribution in [1.82, 2.24) is 15.8 Å². The first-order chi connectivity index (χ1) is 10.7. The Balaban J connectivity index is 4.87. The normalized spacial score (nSPS) is 11.3. The van der Waals surface area contributed by atoms with Gasteiger partial charge in [-0.1, -0.05) is 20.8 Å². The molecular formula is C15H27N3O6. The van der Waals surface area contributed by atoms with Gasteiger partial charge in [-0.05, 0) is 26.2 Å². The molecule has 9 nitrogen and oxygen atoms in total. The number of carbonyl (C=O) groups excluding carboxylic acids is 4. The van der Waals surface area contributed by atoms with Gasteiger partial charge in [-0.2, -0.15) is 0 Å². The molecule has 0 saturated heterocycles. The number of hydrazine groups is 1. The molecule has 138 valence electrons. The Labute approximate surface area is 142 Å². The highest BCUT2D eigenvalue weighted by Gasteiger charge is 2.26. The highest BCUT2D eigenvalue weighted by atomic mass is 16.6. The predicted octanol–water partition coefficient (Wildman–Crippen LogP) is 0.590. The molecule has 3 amide bonds. The number of amides is 3. The minimum Gasteiger partial charge on any atom is -0.462 e. The number of rotatable bonds is 3. The fourth-order valence-electron chi connectivity index (χ4n) is 1.49. The molecule has 0 aliphatic rings. The first-order valence-corrected chi connectivity index (χ1v) is 7.41. The van der Waals surface area contributed by atoms with Gasteiger partial charge < -0.3 is 14.8 Å². The molecule has 0 aromatic heterocycles. The van der Waals surface area contributed by atoms with Crippen LogP contribution in [0.5, 0.6) is 0 Å². The van der Waals surface area contributed by atoms with Gasteiger partial charge in [0.25, 0.3) is 5.91 Å². The summed E-state index contributed by atoms with van der Waals surface area (Å²) in [5.41, 5.74) is 1.31. The second-order valence-corrected chi connectivity index (χ2v) is 7.33. The quantitative estimate of drug-likeness (QED) is 0.440. The van der Waals surface area contributed by atoms with Crippen LogP contribution >= 0.6 is 0 Å². The molecule has 0 aromatic carbocycles. The van der Waals surface area contributed by atoms with Gasteiger partial charge >= 0.3 is 18.0 Å². The third-order valence-corrected chi connectivity index (χ3v) is 2.33. The molecule has 0 bridgehead atoms. The summed E-state index contributed by atoms with van der Waals surface area (Å²) >= 11 is 0. The minimum absolute atomic E-state index is 0.180. The van der Waals surface area contributed by atoms with Gasteiger partial charge in [0, 0.05) is 6.54 Å². The van der Waals surface area contributed by atoms with Crippen LogP contribution in [0, 0.1) is 5.41 Å². The number of hydrogen-bond donors (Lipinski definition) is 2. The van der Waals surface area contributed by atoms with Crippen LogP contribution in [0.15, 0.2) is 0 Å². The van der Waals surface area contributed by atoms with E-state index in [-0.39, 0.29) is 12.0 Å². The molecular weight excluding hydrogens is 318 g/mol. The number of carbonyl (C=O) groups is 4. The lowest BCUT2D eigenvalue weighted by molar-refractivity contribution is -0.153. The Hall–Kier alpha value is -2.32. The number of esters is 1. The zero-order valence-corrected chi connectivity index (χ0v) is 15.3. The van der Waals surface area contributed by atoms with Crippen LogP contribution in [0.1, 0.15) is 41.5 Å². The molecule has 0 atom stereocenters. The molecule has 0 spiro atoms. The van der Waals surface area contributed by atoms with Gasteiger partial charge in [0.15, 0.2) is 0 Å². The zero-order chi connectivity index (χ0) is 19.1. The summed E-state index contributed by atoms with van der Waals surface area (Å²) in [6.07, 6.45) is -0.792. The maximum absolute atomic E-state index is 12.2. The van der Waals surface area contributed by atoms with E-state index in [0.29, 0.717) is 0 Å². The van der Waals surface area contributed by atoms with Crippen molar-refractivity contribution in [2.24, 2.45) is 5.41 Å². The van der Waals surface area contributed by atoms with E-state index in [4.69, 9.17) is 4.74 Å². The third kappa shape index (κ3) is 9.65. The lowest BCUT2D eigenvalue weighted by atomic mass is 9.97. The summed E-state index contributed by atoms with van der Waals surface area (Å²) in [5.74, 6) is -2.75. The van der Waals surface area contributed by atoms with Crippen molar-refractivity contribution in [3.63, 3.8) is 0 Å². The van der Waals surface area contributed by atoms with Crippen molar-refractivity contribution in [2.75, 3.05) is 20.2 Å². The monoisotopic (exact) mass is 345 g/mol. The molecule has 24 heavy (non-hydrogen) atoms. The van der Waals surface area contributed by atoms with Crippen LogP contribution in [-0.4, -0.2) is 54.7 Å². The van der Waals surface area contributed by atoms with E-state index in [1.807, 2.05) is 20.8 Å². The number of nitrogens with zero attached hydrogens (tertiary/aromatic N) is 1. The lowest BCUT2D eigenvalue weighted by Crippen LogP contribution is -2.54. The summed E-state index contributed by atoms with van der Waals surface area (Å²) in [7, 11) is 1.06. The van der Waals surface area contributed by atoms with Crippen molar-refractivity contribution < 1.29 is 28.7 Å². The summed E-state index contributed by atoms with van der Waals surface area (Å²) in [5, 5.41) is 3.17. The summed E-state index contributed by atoms with van der Waals surface area (Å²) < 4.78 is 9.35. The van der Waals surface area contributed by atoms with Crippen LogP contribution in [0.25, 0.3) is 0 Å². The van der Waals surface area contributed by atoms with Crippen LogP contribution in [0.3, 0.4) is 0 Å². The van der Waals surface area contributed by atoms with Crippen molar-refractivity contribution in [1.29, 1.82) is 0 Å². The Morgan fingerprint density at radius 3 is 1.96 bits per heavy atom. The molecule has 2 N–H and O–H groups in total. The maximum Gasteiger partial charge on any atom is 0.426 e. The van der Waals surface area contributed by atoms with Gasteiger partial charge in [-0.3, -0.25) is 9.59 Å². The van der Waals surface area contributed by atoms with Crippen molar-refractivity contribution >= 4 is 23.9 Å². The average molecular weight is 345 g/mol. The van der Waals surface area contributed by atoms with Gasteiger partial charge in [0.2, 0.25) is 0 Å². The second-order valence-electron chi connectivity index (χ2n) is 7.33. The fourth-order valence-corrected chi connectivity index (χ4v) is 1.49. The molecule has 0 unspecified atom stereocenters. The van der Waals surface area contributed by atoms with Gasteiger partial charge in [-0.15, -0.1) is 0 Å². The lowest BCUT2D eigenvalue weighted by Gasteiger charge is -2.31. The number of nitrogens with one attached hydrogen (secondary N) is 2. The first-order valence-electron chi connectivity index (χ1n) is 7.41. The summed E-state index contributed by atoms with van der Waals surface area (Å²) in [4.78, 5) is 46.4. The van der Waals surface area contributed by atoms with Crippen molar-refractivity contribution in [3.8, 4) is 0 Å². The number of hydrogen-bond acceptors (Lipinski definition) is 6. The number of methoxy groups -OCH3 is 1. The molecule has 0 fully saturated rings. The zero-order valence-electron chi connectivity index (χ0n) is 15.3. The van der Waals surface area contributed by atoms with E-state index < -0.39 is 36.0 Å². The Bertz CT molecular complexity index is 490. The first kappa shape index (κ1) is 21.7. The van der Waals surface area contributed by atoms with Crippen LogP contribution < -0.4 is 10.7 Å². The highest BCUT2D eigenvalue weighted by Crippen LogP contribution is 2.14. The largest absolute Gasteiger partial charge is 0.462 e. The molecule has 0 heterocycles. The van der Waals surface area contributed by atoms with Gasteiger partial charge in [-0.25, -0.2) is 20.0 Å². The average Bonchev–Trinajstić information content (AvgIpc) is 2.38. The molecule has 9 heteroatoms. The topological polar surface area (TPSA) is 114 Å². The Morgan fingerprint density at radius 2 is 1.54 bits per heavy atom. The van der Waals surface area contributed by atoms with Crippen molar-refractivity contribution in [3.05, 3.63) is 0 Å². The van der Waals surface area contributed by atoms with E-state index in [1.54, 1.807) is 20.8 Å². The van der Waals surface area contributed by atoms with E-state index in [1.165, 1.54) is 0 Å². The highest BCUT2D eigenvalue weighted by molar-refractivity contribution is 6.32. The molecule has 0 aliphatic carbocycles. The summed E-state index contributed by atoms with van der Waals surface area (Å²) in [6.45, 7) is 10.4. The van der Waals surface area contributed by atoms with Crippen molar-refractivity contribution in [2.45, 2.75) is 47.1 Å². The van der Waals surface area contributed by atoms with Gasteiger partial charge in [0.1, 0.15) is 5.60 Å². The SMILES string of the molecule is COC(=O)C(=O)NCC(=O)N(CC(C)(C)C)NC(=O)OC(C)(C)C. The molecule has 0 aliphatic heterocycles. The number of ether oxygens (including phenoxy) is 2. The smallest absolute Gasteiger partial charge is 0.426 e. The Morgan fingerprint density at radius 1 is 1.00 bits per heavy atom. The fraction of sp³-hybridized carbons (Fsp3) is 0.733. The van der Waals surface area contributed by atoms with Crippen LogP contribution in [0.4, 0.5) is 4.79 Å². The van der Waals surface area contributed by atoms with E-state index in [2.05, 4.69) is 15.5 Å². The molecule has 0 aromatic rings. The second kappa shape index (κ2) is 8.51. The van der Waals surface area contributed by atoms with Crippen LogP contribution in [0.2, 0.25) is 0 Å². The maximum atomic E-state index is 12.2. The Kier molecular flexibility index (Phi) is 7.69. The third-order valence-electron chi connectivity index (χ3n) is 2.33. The predicted molar refractivity (Wildman–Crippen MR) is 85.6 cm³/mol.